The van der Waals surface area contributed by atoms with Gasteiger partial charge in [-0.05, 0) is 25.1 Å². The van der Waals surface area contributed by atoms with Crippen molar-refractivity contribution in [1.82, 2.24) is 10.9 Å². The van der Waals surface area contributed by atoms with Crippen LogP contribution in [0.15, 0.2) is 28.7 Å². The summed E-state index contributed by atoms with van der Waals surface area (Å²) < 4.78 is 5.41. The summed E-state index contributed by atoms with van der Waals surface area (Å²) in [6, 6.07) is 5.45. The predicted octanol–water partition coefficient (Wildman–Crippen LogP) is 0.814. The molecule has 1 atom stereocenters. The third kappa shape index (κ3) is 4.80. The lowest BCUT2D eigenvalue weighted by atomic mass is 10.2. The van der Waals surface area contributed by atoms with Crippen LogP contribution in [0.5, 0.6) is 0 Å². The van der Waals surface area contributed by atoms with E-state index < -0.39 is 17.9 Å². The standard InChI is InChI=1S/C12H13BrN2O4/c1-2-19-12(18)10(7-16)14-15-11(17)8-4-3-5-9(13)6-8/h3-7,10,14H,2H2,1H3,(H,15,17). The van der Waals surface area contributed by atoms with E-state index in [2.05, 4.69) is 31.5 Å². The number of amides is 1. The minimum atomic E-state index is -1.23. The van der Waals surface area contributed by atoms with Crippen molar-refractivity contribution >= 4 is 34.1 Å². The first-order chi connectivity index (χ1) is 9.08. The first-order valence-corrected chi connectivity index (χ1v) is 6.31. The quantitative estimate of drug-likeness (QED) is 0.349. The van der Waals surface area contributed by atoms with E-state index in [1.54, 1.807) is 31.2 Å². The van der Waals surface area contributed by atoms with Gasteiger partial charge in [-0.15, -0.1) is 0 Å². The molecule has 0 saturated heterocycles. The van der Waals surface area contributed by atoms with Crippen LogP contribution in [0.25, 0.3) is 0 Å². The maximum atomic E-state index is 11.7. The summed E-state index contributed by atoms with van der Waals surface area (Å²) in [5.41, 5.74) is 4.97. The lowest BCUT2D eigenvalue weighted by molar-refractivity contribution is -0.146. The maximum absolute atomic E-state index is 11.7. The van der Waals surface area contributed by atoms with E-state index in [0.29, 0.717) is 11.8 Å². The Morgan fingerprint density at radius 3 is 2.79 bits per heavy atom. The first kappa shape index (κ1) is 15.3. The highest BCUT2D eigenvalue weighted by molar-refractivity contribution is 9.10. The van der Waals surface area contributed by atoms with Gasteiger partial charge in [0.15, 0.2) is 6.04 Å². The second-order valence-electron chi connectivity index (χ2n) is 3.47. The molecule has 102 valence electrons. The SMILES string of the molecule is CCOC(=O)C(C=O)NNC(=O)c1cccc(Br)c1. The van der Waals surface area contributed by atoms with Gasteiger partial charge in [0.25, 0.3) is 5.91 Å². The number of halogens is 1. The van der Waals surface area contributed by atoms with Crippen molar-refractivity contribution in [3.05, 3.63) is 34.3 Å². The third-order valence-corrected chi connectivity index (χ3v) is 2.60. The Balaban J connectivity index is 2.58. The molecule has 0 heterocycles. The van der Waals surface area contributed by atoms with E-state index in [1.165, 1.54) is 0 Å². The molecule has 1 aromatic carbocycles. The Kier molecular flexibility index (Phi) is 6.17. The number of nitrogens with one attached hydrogen (secondary N) is 2. The fourth-order valence-electron chi connectivity index (χ4n) is 1.23. The van der Waals surface area contributed by atoms with Crippen LogP contribution >= 0.6 is 15.9 Å². The smallest absolute Gasteiger partial charge is 0.332 e. The van der Waals surface area contributed by atoms with E-state index in [0.717, 1.165) is 4.47 Å². The molecule has 19 heavy (non-hydrogen) atoms. The van der Waals surface area contributed by atoms with Crippen LogP contribution in [0.3, 0.4) is 0 Å². The Bertz CT molecular complexity index is 479. The molecular formula is C12H13BrN2O4. The lowest BCUT2D eigenvalue weighted by Crippen LogP contribution is -2.49. The summed E-state index contributed by atoms with van der Waals surface area (Å²) >= 11 is 3.24. The number of hydrogen-bond acceptors (Lipinski definition) is 5. The van der Waals surface area contributed by atoms with Crippen molar-refractivity contribution < 1.29 is 19.1 Å². The van der Waals surface area contributed by atoms with Crippen molar-refractivity contribution in [3.8, 4) is 0 Å². The van der Waals surface area contributed by atoms with Gasteiger partial charge in [-0.1, -0.05) is 22.0 Å². The van der Waals surface area contributed by atoms with E-state index in [4.69, 9.17) is 0 Å². The molecule has 0 aliphatic heterocycles. The maximum Gasteiger partial charge on any atom is 0.332 e. The number of rotatable bonds is 6. The van der Waals surface area contributed by atoms with E-state index in [-0.39, 0.29) is 6.61 Å². The fraction of sp³-hybridized carbons (Fsp3) is 0.250. The molecule has 1 unspecified atom stereocenters. The molecule has 1 amide bonds. The highest BCUT2D eigenvalue weighted by atomic mass is 79.9. The van der Waals surface area contributed by atoms with E-state index in [9.17, 15) is 14.4 Å². The molecule has 0 aliphatic carbocycles. The van der Waals surface area contributed by atoms with Crippen molar-refractivity contribution in [1.29, 1.82) is 0 Å². The summed E-state index contributed by atoms with van der Waals surface area (Å²) in [5, 5.41) is 0. The van der Waals surface area contributed by atoms with Gasteiger partial charge in [0.1, 0.15) is 6.29 Å². The topological polar surface area (TPSA) is 84.5 Å². The summed E-state index contributed by atoms with van der Waals surface area (Å²) in [4.78, 5) is 33.7. The number of aldehydes is 1. The van der Waals surface area contributed by atoms with E-state index in [1.807, 2.05) is 0 Å². The second kappa shape index (κ2) is 7.65. The van der Waals surface area contributed by atoms with Crippen LogP contribution in [-0.2, 0) is 14.3 Å². The zero-order valence-corrected chi connectivity index (χ0v) is 11.8. The average Bonchev–Trinajstić information content (AvgIpc) is 2.39. The largest absolute Gasteiger partial charge is 0.464 e. The van der Waals surface area contributed by atoms with Crippen LogP contribution < -0.4 is 10.9 Å². The minimum Gasteiger partial charge on any atom is -0.464 e. The Hall–Kier alpha value is -1.73. The summed E-state index contributed by atoms with van der Waals surface area (Å²) in [6.45, 7) is 1.78. The molecular weight excluding hydrogens is 316 g/mol. The monoisotopic (exact) mass is 328 g/mol. The highest BCUT2D eigenvalue weighted by Gasteiger charge is 2.19. The van der Waals surface area contributed by atoms with Crippen molar-refractivity contribution in [2.75, 3.05) is 6.61 Å². The molecule has 0 spiro atoms. The van der Waals surface area contributed by atoms with Gasteiger partial charge in [-0.25, -0.2) is 10.2 Å². The Labute approximate surface area is 118 Å². The summed E-state index contributed by atoms with van der Waals surface area (Å²) in [5.74, 6) is -1.20. The van der Waals surface area contributed by atoms with Crippen LogP contribution in [0, 0.1) is 0 Å². The van der Waals surface area contributed by atoms with Crippen LogP contribution in [0.4, 0.5) is 0 Å². The zero-order valence-electron chi connectivity index (χ0n) is 10.2. The summed E-state index contributed by atoms with van der Waals surface area (Å²) in [7, 11) is 0. The van der Waals surface area contributed by atoms with Gasteiger partial charge in [-0.2, -0.15) is 0 Å². The fourth-order valence-corrected chi connectivity index (χ4v) is 1.62. The molecule has 0 aromatic heterocycles. The number of hydrogen-bond donors (Lipinski definition) is 2. The zero-order chi connectivity index (χ0) is 14.3. The first-order valence-electron chi connectivity index (χ1n) is 5.51. The minimum absolute atomic E-state index is 0.157. The van der Waals surface area contributed by atoms with E-state index >= 15 is 0 Å². The molecule has 7 heteroatoms. The number of hydrazine groups is 1. The second-order valence-corrected chi connectivity index (χ2v) is 4.39. The predicted molar refractivity (Wildman–Crippen MR) is 71.2 cm³/mol. The lowest BCUT2D eigenvalue weighted by Gasteiger charge is -2.12. The molecule has 0 bridgehead atoms. The number of carbonyl (C=O) groups excluding carboxylic acids is 3. The molecule has 0 saturated carbocycles. The van der Waals surface area contributed by atoms with Gasteiger partial charge >= 0.3 is 5.97 Å². The van der Waals surface area contributed by atoms with Crippen molar-refractivity contribution in [2.24, 2.45) is 0 Å². The molecule has 0 radical (unpaired) electrons. The van der Waals surface area contributed by atoms with Crippen molar-refractivity contribution in [2.45, 2.75) is 13.0 Å². The van der Waals surface area contributed by atoms with Crippen LogP contribution in [0.2, 0.25) is 0 Å². The number of ether oxygens (including phenoxy) is 1. The molecule has 0 fully saturated rings. The van der Waals surface area contributed by atoms with Gasteiger partial charge in [-0.3, -0.25) is 10.2 Å². The van der Waals surface area contributed by atoms with Crippen molar-refractivity contribution in [3.63, 3.8) is 0 Å². The third-order valence-electron chi connectivity index (χ3n) is 2.10. The van der Waals surface area contributed by atoms with Gasteiger partial charge in [0.05, 0.1) is 6.61 Å². The number of esters is 1. The van der Waals surface area contributed by atoms with Gasteiger partial charge in [0.2, 0.25) is 0 Å². The molecule has 2 N–H and O–H groups in total. The molecule has 1 aromatic rings. The molecule has 0 aliphatic rings. The van der Waals surface area contributed by atoms with Gasteiger partial charge < -0.3 is 9.53 Å². The molecule has 6 nitrogen and oxygen atoms in total. The van der Waals surface area contributed by atoms with Crippen LogP contribution in [-0.4, -0.2) is 30.8 Å². The Morgan fingerprint density at radius 2 is 2.21 bits per heavy atom. The molecule has 1 rings (SSSR count). The highest BCUT2D eigenvalue weighted by Crippen LogP contribution is 2.11. The Morgan fingerprint density at radius 1 is 1.47 bits per heavy atom. The average molecular weight is 329 g/mol. The normalized spacial score (nSPS) is 11.5. The summed E-state index contributed by atoms with van der Waals surface area (Å²) in [6.07, 6.45) is 0.360. The van der Waals surface area contributed by atoms with Crippen LogP contribution in [0.1, 0.15) is 17.3 Å². The van der Waals surface area contributed by atoms with Gasteiger partial charge in [0, 0.05) is 10.0 Å². The number of benzene rings is 1. The number of carbonyl (C=O) groups is 3.